The SMILES string of the molecule is CC(=O)c1ccc(S(=O)(=O)Nc2cccc3ccccc23)cc1. The van der Waals surface area contributed by atoms with Crippen molar-refractivity contribution in [2.24, 2.45) is 0 Å². The quantitative estimate of drug-likeness (QED) is 0.741. The van der Waals surface area contributed by atoms with Gasteiger partial charge in [-0.3, -0.25) is 9.52 Å². The highest BCUT2D eigenvalue weighted by molar-refractivity contribution is 7.92. The van der Waals surface area contributed by atoms with E-state index in [1.165, 1.54) is 31.2 Å². The molecule has 0 aromatic heterocycles. The van der Waals surface area contributed by atoms with E-state index in [-0.39, 0.29) is 10.7 Å². The number of Topliss-reactive ketones (excluding diaryl/α,β-unsaturated/α-hetero) is 1. The van der Waals surface area contributed by atoms with Gasteiger partial charge in [-0.15, -0.1) is 0 Å². The van der Waals surface area contributed by atoms with Crippen molar-refractivity contribution in [1.82, 2.24) is 0 Å². The second kappa shape index (κ2) is 5.85. The highest BCUT2D eigenvalue weighted by atomic mass is 32.2. The lowest BCUT2D eigenvalue weighted by Crippen LogP contribution is -2.13. The largest absolute Gasteiger partial charge is 0.295 e. The predicted molar refractivity (Wildman–Crippen MR) is 91.2 cm³/mol. The summed E-state index contributed by atoms with van der Waals surface area (Å²) in [6, 6.07) is 18.9. The molecule has 4 nitrogen and oxygen atoms in total. The Bertz CT molecular complexity index is 971. The molecule has 0 heterocycles. The lowest BCUT2D eigenvalue weighted by atomic mass is 10.1. The number of anilines is 1. The fourth-order valence-electron chi connectivity index (χ4n) is 2.39. The van der Waals surface area contributed by atoms with Gasteiger partial charge in [0.15, 0.2) is 5.78 Å². The van der Waals surface area contributed by atoms with Crippen molar-refractivity contribution in [1.29, 1.82) is 0 Å². The monoisotopic (exact) mass is 325 g/mol. The van der Waals surface area contributed by atoms with Crippen molar-refractivity contribution in [3.05, 3.63) is 72.3 Å². The molecule has 0 spiro atoms. The summed E-state index contributed by atoms with van der Waals surface area (Å²) in [5.41, 5.74) is 1.01. The Kier molecular flexibility index (Phi) is 3.88. The van der Waals surface area contributed by atoms with Crippen molar-refractivity contribution in [3.8, 4) is 0 Å². The van der Waals surface area contributed by atoms with Crippen LogP contribution in [0.1, 0.15) is 17.3 Å². The maximum Gasteiger partial charge on any atom is 0.261 e. The van der Waals surface area contributed by atoms with E-state index in [0.717, 1.165) is 10.8 Å². The van der Waals surface area contributed by atoms with E-state index < -0.39 is 10.0 Å². The minimum atomic E-state index is -3.71. The second-order valence-electron chi connectivity index (χ2n) is 5.21. The Morgan fingerprint density at radius 1 is 0.870 bits per heavy atom. The van der Waals surface area contributed by atoms with E-state index in [1.807, 2.05) is 30.3 Å². The Morgan fingerprint density at radius 2 is 1.52 bits per heavy atom. The van der Waals surface area contributed by atoms with Gasteiger partial charge in [-0.2, -0.15) is 0 Å². The number of hydrogen-bond acceptors (Lipinski definition) is 3. The van der Waals surface area contributed by atoms with Gasteiger partial charge in [0, 0.05) is 10.9 Å². The Hall–Kier alpha value is -2.66. The average Bonchev–Trinajstić information content (AvgIpc) is 2.55. The summed E-state index contributed by atoms with van der Waals surface area (Å²) in [6.07, 6.45) is 0. The predicted octanol–water partition coefficient (Wildman–Crippen LogP) is 3.84. The van der Waals surface area contributed by atoms with Gasteiger partial charge in [-0.1, -0.05) is 48.5 Å². The van der Waals surface area contributed by atoms with Gasteiger partial charge in [0.2, 0.25) is 0 Å². The molecular formula is C18H15NO3S. The number of benzene rings is 3. The molecule has 0 atom stereocenters. The fraction of sp³-hybridized carbons (Fsp3) is 0.0556. The molecule has 0 saturated carbocycles. The molecule has 116 valence electrons. The van der Waals surface area contributed by atoms with Crippen LogP contribution in [0.3, 0.4) is 0 Å². The molecule has 0 aliphatic heterocycles. The second-order valence-corrected chi connectivity index (χ2v) is 6.90. The van der Waals surface area contributed by atoms with E-state index in [1.54, 1.807) is 12.1 Å². The van der Waals surface area contributed by atoms with Crippen molar-refractivity contribution in [2.75, 3.05) is 4.72 Å². The van der Waals surface area contributed by atoms with Crippen molar-refractivity contribution in [3.63, 3.8) is 0 Å². The number of hydrogen-bond donors (Lipinski definition) is 1. The zero-order valence-corrected chi connectivity index (χ0v) is 13.3. The lowest BCUT2D eigenvalue weighted by molar-refractivity contribution is 0.101. The molecule has 0 fully saturated rings. The minimum Gasteiger partial charge on any atom is -0.295 e. The Labute approximate surface area is 134 Å². The smallest absolute Gasteiger partial charge is 0.261 e. The van der Waals surface area contributed by atoms with E-state index in [2.05, 4.69) is 4.72 Å². The van der Waals surface area contributed by atoms with Gasteiger partial charge >= 0.3 is 0 Å². The highest BCUT2D eigenvalue weighted by Crippen LogP contribution is 2.25. The molecule has 3 rings (SSSR count). The molecule has 3 aromatic carbocycles. The fourth-order valence-corrected chi connectivity index (χ4v) is 3.47. The van der Waals surface area contributed by atoms with E-state index >= 15 is 0 Å². The van der Waals surface area contributed by atoms with Gasteiger partial charge in [-0.05, 0) is 30.5 Å². The summed E-state index contributed by atoms with van der Waals surface area (Å²) in [4.78, 5) is 11.4. The number of carbonyl (C=O) groups excluding carboxylic acids is 1. The van der Waals surface area contributed by atoms with E-state index in [9.17, 15) is 13.2 Å². The first-order valence-corrected chi connectivity index (χ1v) is 8.57. The number of rotatable bonds is 4. The summed E-state index contributed by atoms with van der Waals surface area (Å²) < 4.78 is 27.7. The standard InChI is InChI=1S/C18H15NO3S/c1-13(20)14-9-11-16(12-10-14)23(21,22)19-18-8-4-6-15-5-2-3-7-17(15)18/h2-12,19H,1H3. The van der Waals surface area contributed by atoms with Gasteiger partial charge in [-0.25, -0.2) is 8.42 Å². The van der Waals surface area contributed by atoms with Crippen LogP contribution in [0.5, 0.6) is 0 Å². The van der Waals surface area contributed by atoms with Crippen LogP contribution in [-0.4, -0.2) is 14.2 Å². The van der Waals surface area contributed by atoms with Crippen LogP contribution >= 0.6 is 0 Å². The van der Waals surface area contributed by atoms with Crippen LogP contribution in [0.2, 0.25) is 0 Å². The molecule has 23 heavy (non-hydrogen) atoms. The molecule has 3 aromatic rings. The number of ketones is 1. The maximum absolute atomic E-state index is 12.5. The molecular weight excluding hydrogens is 310 g/mol. The summed E-state index contributed by atoms with van der Waals surface area (Å²) in [6.45, 7) is 1.44. The molecule has 0 radical (unpaired) electrons. The van der Waals surface area contributed by atoms with Crippen LogP contribution in [0, 0.1) is 0 Å². The van der Waals surface area contributed by atoms with Crippen molar-refractivity contribution >= 4 is 32.3 Å². The maximum atomic E-state index is 12.5. The lowest BCUT2D eigenvalue weighted by Gasteiger charge is -2.11. The van der Waals surface area contributed by atoms with Crippen LogP contribution in [0.25, 0.3) is 10.8 Å². The molecule has 0 aliphatic rings. The van der Waals surface area contributed by atoms with Crippen LogP contribution in [0.4, 0.5) is 5.69 Å². The van der Waals surface area contributed by atoms with Gasteiger partial charge < -0.3 is 0 Å². The molecule has 0 aliphatic carbocycles. The summed E-state index contributed by atoms with van der Waals surface area (Å²) >= 11 is 0. The van der Waals surface area contributed by atoms with E-state index in [4.69, 9.17) is 0 Å². The molecule has 0 amide bonds. The van der Waals surface area contributed by atoms with Gasteiger partial charge in [0.25, 0.3) is 10.0 Å². The minimum absolute atomic E-state index is 0.101. The van der Waals surface area contributed by atoms with Crippen molar-refractivity contribution in [2.45, 2.75) is 11.8 Å². The molecule has 0 unspecified atom stereocenters. The normalized spacial score (nSPS) is 11.3. The summed E-state index contributed by atoms with van der Waals surface area (Å²) in [5.74, 6) is -0.101. The Morgan fingerprint density at radius 3 is 2.22 bits per heavy atom. The van der Waals surface area contributed by atoms with Gasteiger partial charge in [0.1, 0.15) is 0 Å². The Balaban J connectivity index is 1.98. The van der Waals surface area contributed by atoms with Gasteiger partial charge in [0.05, 0.1) is 10.6 Å². The third kappa shape index (κ3) is 3.10. The first kappa shape index (κ1) is 15.2. The first-order valence-electron chi connectivity index (χ1n) is 7.09. The van der Waals surface area contributed by atoms with Crippen LogP contribution in [-0.2, 0) is 10.0 Å². The number of carbonyl (C=O) groups is 1. The average molecular weight is 325 g/mol. The number of sulfonamides is 1. The molecule has 5 heteroatoms. The third-order valence-corrected chi connectivity index (χ3v) is 4.99. The summed E-state index contributed by atoms with van der Waals surface area (Å²) in [7, 11) is -3.71. The van der Waals surface area contributed by atoms with E-state index in [0.29, 0.717) is 11.3 Å². The zero-order valence-electron chi connectivity index (χ0n) is 12.5. The van der Waals surface area contributed by atoms with Crippen molar-refractivity contribution < 1.29 is 13.2 Å². The summed E-state index contributed by atoms with van der Waals surface area (Å²) in [5, 5.41) is 1.79. The molecule has 0 saturated heterocycles. The zero-order chi connectivity index (χ0) is 16.4. The van der Waals surface area contributed by atoms with Crippen LogP contribution < -0.4 is 4.72 Å². The topological polar surface area (TPSA) is 63.2 Å². The highest BCUT2D eigenvalue weighted by Gasteiger charge is 2.15. The number of fused-ring (bicyclic) bond motifs is 1. The number of nitrogens with one attached hydrogen (secondary N) is 1. The molecule has 1 N–H and O–H groups in total. The molecule has 0 bridgehead atoms. The van der Waals surface area contributed by atoms with Crippen LogP contribution in [0.15, 0.2) is 71.6 Å². The third-order valence-electron chi connectivity index (χ3n) is 3.61. The first-order chi connectivity index (χ1) is 11.0.